The summed E-state index contributed by atoms with van der Waals surface area (Å²) in [5.41, 5.74) is 0.370. The number of esters is 1. The summed E-state index contributed by atoms with van der Waals surface area (Å²) in [6.45, 7) is 19.5. The summed E-state index contributed by atoms with van der Waals surface area (Å²) in [5.74, 6) is -0.413. The molecule has 0 spiro atoms. The molecule has 0 aliphatic heterocycles. The molecule has 0 fully saturated rings. The topological polar surface area (TPSA) is 137 Å². The lowest BCUT2D eigenvalue weighted by molar-refractivity contribution is -0.140. The molecule has 0 saturated carbocycles. The highest BCUT2D eigenvalue weighted by Gasteiger charge is 2.02. The van der Waals surface area contributed by atoms with E-state index in [4.69, 9.17) is 61.6 Å². The van der Waals surface area contributed by atoms with Crippen LogP contribution in [0.4, 0.5) is 0 Å². The van der Waals surface area contributed by atoms with Crippen molar-refractivity contribution >= 4 is 5.97 Å². The van der Waals surface area contributed by atoms with Gasteiger partial charge in [-0.2, -0.15) is 0 Å². The second kappa shape index (κ2) is 37.9. The molecule has 0 saturated heterocycles. The van der Waals surface area contributed by atoms with Crippen LogP contribution in [0.25, 0.3) is 0 Å². The Morgan fingerprint density at radius 3 is 0.727 bits per heavy atom. The van der Waals surface area contributed by atoms with Gasteiger partial charge in [-0.25, -0.2) is 4.79 Å². The van der Waals surface area contributed by atoms with Crippen molar-refractivity contribution in [3.8, 4) is 0 Å². The number of carbonyl (C=O) groups excluding carboxylic acids is 1. The zero-order valence-corrected chi connectivity index (χ0v) is 27.1. The first-order chi connectivity index (χ1) is 21.7. The fourth-order valence-electron chi connectivity index (χ4n) is 2.88. The van der Waals surface area contributed by atoms with Crippen LogP contribution < -0.4 is 0 Å². The Bertz CT molecular complexity index is 596. The van der Waals surface area contributed by atoms with Gasteiger partial charge in [0, 0.05) is 12.2 Å². The number of ether oxygens (including phenoxy) is 13. The molecule has 0 unspecified atom stereocenters. The minimum absolute atomic E-state index is 0.199. The van der Waals surface area contributed by atoms with Crippen LogP contribution >= 0.6 is 0 Å². The van der Waals surface area contributed by atoms with Gasteiger partial charge in [0.05, 0.1) is 152 Å². The van der Waals surface area contributed by atoms with Crippen molar-refractivity contribution in [2.24, 2.45) is 0 Å². The molecule has 0 radical (unpaired) electrons. The molecular formula is C30H58O14. The van der Waals surface area contributed by atoms with Crippen molar-refractivity contribution < 1.29 is 66.4 Å². The Labute approximate surface area is 263 Å². The van der Waals surface area contributed by atoms with Crippen LogP contribution in [-0.4, -0.2) is 171 Å². The molecule has 0 rings (SSSR count). The van der Waals surface area contributed by atoms with Crippen LogP contribution in [-0.2, 0) is 66.4 Å². The van der Waals surface area contributed by atoms with Crippen molar-refractivity contribution in [1.29, 1.82) is 0 Å². The predicted molar refractivity (Wildman–Crippen MR) is 161 cm³/mol. The van der Waals surface area contributed by atoms with Crippen LogP contribution in [0.3, 0.4) is 0 Å². The van der Waals surface area contributed by atoms with E-state index in [1.807, 2.05) is 6.92 Å². The quantitative estimate of drug-likeness (QED) is 0.0544. The molecule has 0 amide bonds. The van der Waals surface area contributed by atoms with Gasteiger partial charge < -0.3 is 61.6 Å². The Morgan fingerprint density at radius 1 is 0.364 bits per heavy atom. The molecule has 0 aliphatic rings. The molecule has 0 heterocycles. The van der Waals surface area contributed by atoms with E-state index < -0.39 is 5.97 Å². The second-order valence-electron chi connectivity index (χ2n) is 8.85. The van der Waals surface area contributed by atoms with E-state index in [1.54, 1.807) is 6.92 Å². The molecule has 14 heteroatoms. The first kappa shape index (κ1) is 42.7. The van der Waals surface area contributed by atoms with Gasteiger partial charge in [-0.3, -0.25) is 0 Å². The van der Waals surface area contributed by atoms with Crippen LogP contribution in [0.2, 0.25) is 0 Å². The number of hydrogen-bond acceptors (Lipinski definition) is 14. The Hall–Kier alpha value is -1.27. The smallest absolute Gasteiger partial charge is 0.333 e. The molecule has 262 valence electrons. The van der Waals surface area contributed by atoms with Gasteiger partial charge >= 0.3 is 5.97 Å². The fraction of sp³-hybridized carbons (Fsp3) is 0.900. The van der Waals surface area contributed by atoms with E-state index in [0.29, 0.717) is 164 Å². The fourth-order valence-corrected chi connectivity index (χ4v) is 2.88. The van der Waals surface area contributed by atoms with Crippen LogP contribution in [0.1, 0.15) is 13.8 Å². The Kier molecular flexibility index (Phi) is 36.8. The summed E-state index contributed by atoms with van der Waals surface area (Å²) >= 11 is 0. The summed E-state index contributed by atoms with van der Waals surface area (Å²) in [7, 11) is 0. The third-order valence-electron chi connectivity index (χ3n) is 5.11. The first-order valence-corrected chi connectivity index (χ1v) is 15.4. The van der Waals surface area contributed by atoms with Crippen molar-refractivity contribution in [3.63, 3.8) is 0 Å². The lowest BCUT2D eigenvalue weighted by Crippen LogP contribution is -2.16. The minimum Gasteiger partial charge on any atom is -0.460 e. The number of rotatable bonds is 38. The third-order valence-corrected chi connectivity index (χ3v) is 5.11. The SMILES string of the molecule is C=C(C)C(=O)OCCOCCOCCOCCOCCOCCOCCOCCOCCOCCOCCOCCOCC. The standard InChI is InChI=1S/C30H58O14/c1-4-32-5-6-33-7-8-34-9-10-35-11-12-36-13-14-37-15-16-38-17-18-39-19-20-40-21-22-41-23-24-42-25-26-43-27-28-44-30(31)29(2)3/h2,4-28H2,1,3H3. The molecule has 14 nitrogen and oxygen atoms in total. The van der Waals surface area contributed by atoms with Gasteiger partial charge in [0.25, 0.3) is 0 Å². The van der Waals surface area contributed by atoms with E-state index in [0.717, 1.165) is 0 Å². The zero-order chi connectivity index (χ0) is 32.0. The first-order valence-electron chi connectivity index (χ1n) is 15.4. The monoisotopic (exact) mass is 642 g/mol. The maximum Gasteiger partial charge on any atom is 0.333 e. The van der Waals surface area contributed by atoms with Gasteiger partial charge in [-0.1, -0.05) is 6.58 Å². The van der Waals surface area contributed by atoms with Crippen molar-refractivity contribution in [3.05, 3.63) is 12.2 Å². The lowest BCUT2D eigenvalue weighted by Gasteiger charge is -2.09. The molecule has 0 aromatic rings. The van der Waals surface area contributed by atoms with E-state index in [-0.39, 0.29) is 6.61 Å². The van der Waals surface area contributed by atoms with Gasteiger partial charge in [-0.15, -0.1) is 0 Å². The minimum atomic E-state index is -0.413. The van der Waals surface area contributed by atoms with E-state index >= 15 is 0 Å². The van der Waals surface area contributed by atoms with Crippen molar-refractivity contribution in [1.82, 2.24) is 0 Å². The molecule has 0 aliphatic carbocycles. The van der Waals surface area contributed by atoms with Crippen molar-refractivity contribution in [2.45, 2.75) is 13.8 Å². The largest absolute Gasteiger partial charge is 0.460 e. The maximum absolute atomic E-state index is 11.2. The summed E-state index contributed by atoms with van der Waals surface area (Å²) in [6, 6.07) is 0. The van der Waals surface area contributed by atoms with Gasteiger partial charge in [0.2, 0.25) is 0 Å². The van der Waals surface area contributed by atoms with Crippen LogP contribution in [0.15, 0.2) is 12.2 Å². The Balaban J connectivity index is 3.06. The van der Waals surface area contributed by atoms with E-state index in [9.17, 15) is 4.79 Å². The highest BCUT2D eigenvalue weighted by atomic mass is 16.6. The molecule has 0 aromatic heterocycles. The molecular weight excluding hydrogens is 584 g/mol. The lowest BCUT2D eigenvalue weighted by atomic mass is 10.4. The normalized spacial score (nSPS) is 11.3. The summed E-state index contributed by atoms with van der Waals surface area (Å²) in [4.78, 5) is 11.2. The second-order valence-corrected chi connectivity index (χ2v) is 8.85. The average Bonchev–Trinajstić information content (AvgIpc) is 3.02. The highest BCUT2D eigenvalue weighted by molar-refractivity contribution is 5.86. The van der Waals surface area contributed by atoms with Gasteiger partial charge in [-0.05, 0) is 13.8 Å². The molecule has 0 bridgehead atoms. The van der Waals surface area contributed by atoms with Crippen molar-refractivity contribution in [2.75, 3.05) is 165 Å². The highest BCUT2D eigenvalue weighted by Crippen LogP contribution is 1.92. The average molecular weight is 643 g/mol. The summed E-state index contributed by atoms with van der Waals surface area (Å²) in [5, 5.41) is 0. The number of hydrogen-bond donors (Lipinski definition) is 0. The molecule has 0 atom stereocenters. The predicted octanol–water partition coefficient (Wildman–Crippen LogP) is 1.32. The van der Waals surface area contributed by atoms with Gasteiger partial charge in [0.1, 0.15) is 6.61 Å². The zero-order valence-electron chi connectivity index (χ0n) is 27.1. The number of carbonyl (C=O) groups is 1. The van der Waals surface area contributed by atoms with E-state index in [2.05, 4.69) is 6.58 Å². The summed E-state index contributed by atoms with van der Waals surface area (Å²) in [6.07, 6.45) is 0. The van der Waals surface area contributed by atoms with Crippen LogP contribution in [0.5, 0.6) is 0 Å². The molecule has 0 N–H and O–H groups in total. The maximum atomic E-state index is 11.2. The van der Waals surface area contributed by atoms with Crippen LogP contribution in [0, 0.1) is 0 Å². The molecule has 44 heavy (non-hydrogen) atoms. The van der Waals surface area contributed by atoms with E-state index in [1.165, 1.54) is 0 Å². The summed E-state index contributed by atoms with van der Waals surface area (Å²) < 4.78 is 69.7. The van der Waals surface area contributed by atoms with Gasteiger partial charge in [0.15, 0.2) is 0 Å². The Morgan fingerprint density at radius 2 is 0.545 bits per heavy atom. The molecule has 0 aromatic carbocycles. The third kappa shape index (κ3) is 36.9.